The summed E-state index contributed by atoms with van der Waals surface area (Å²) >= 11 is 0. The highest BCUT2D eigenvalue weighted by Gasteiger charge is 2.22. The predicted octanol–water partition coefficient (Wildman–Crippen LogP) is 4.22. The monoisotopic (exact) mass is 494 g/mol. The molecule has 1 amide bonds. The maximum Gasteiger partial charge on any atom is 0.232 e. The number of carbonyl (C=O) groups is 1. The minimum atomic E-state index is -3.55. The van der Waals surface area contributed by atoms with E-state index in [0.29, 0.717) is 36.8 Å². The van der Waals surface area contributed by atoms with E-state index < -0.39 is 10.0 Å². The Balaban J connectivity index is 1.44. The van der Waals surface area contributed by atoms with E-state index in [1.54, 1.807) is 18.2 Å². The lowest BCUT2D eigenvalue weighted by Crippen LogP contribution is -2.33. The maximum absolute atomic E-state index is 12.9. The quantitative estimate of drug-likeness (QED) is 0.482. The van der Waals surface area contributed by atoms with Crippen molar-refractivity contribution >= 4 is 21.6 Å². The number of anilines is 1. The largest absolute Gasteiger partial charge is 0.486 e. The minimum absolute atomic E-state index is 0.143. The molecule has 1 atom stereocenters. The zero-order valence-corrected chi connectivity index (χ0v) is 20.8. The molecule has 8 heteroatoms. The van der Waals surface area contributed by atoms with Crippen LogP contribution >= 0.6 is 0 Å². The highest BCUT2D eigenvalue weighted by Crippen LogP contribution is 2.34. The molecule has 0 spiro atoms. The fourth-order valence-corrected chi connectivity index (χ4v) is 5.10. The van der Waals surface area contributed by atoms with Gasteiger partial charge in [0.15, 0.2) is 11.5 Å². The lowest BCUT2D eigenvalue weighted by Gasteiger charge is -2.25. The van der Waals surface area contributed by atoms with Gasteiger partial charge < -0.3 is 14.8 Å². The number of nitrogens with zero attached hydrogens (tertiary/aromatic N) is 1. The first kappa shape index (κ1) is 24.6. The van der Waals surface area contributed by atoms with Crippen LogP contribution in [0.15, 0.2) is 72.8 Å². The average Bonchev–Trinajstić information content (AvgIpc) is 2.84. The van der Waals surface area contributed by atoms with E-state index in [1.807, 2.05) is 55.5 Å². The van der Waals surface area contributed by atoms with Crippen LogP contribution in [-0.4, -0.2) is 40.3 Å². The van der Waals surface area contributed by atoms with Crippen molar-refractivity contribution in [3.8, 4) is 11.5 Å². The minimum Gasteiger partial charge on any atom is -0.486 e. The Kier molecular flexibility index (Phi) is 7.60. The number of benzene rings is 3. The Morgan fingerprint density at radius 2 is 1.66 bits per heavy atom. The second kappa shape index (κ2) is 10.8. The fraction of sp³-hybridized carbons (Fsp3) is 0.296. The molecule has 3 aromatic carbocycles. The van der Waals surface area contributed by atoms with Crippen molar-refractivity contribution in [1.29, 1.82) is 0 Å². The topological polar surface area (TPSA) is 84.9 Å². The lowest BCUT2D eigenvalue weighted by atomic mass is 9.97. The molecule has 1 unspecified atom stereocenters. The van der Waals surface area contributed by atoms with Gasteiger partial charge in [-0.1, -0.05) is 60.2 Å². The first-order valence-electron chi connectivity index (χ1n) is 11.6. The van der Waals surface area contributed by atoms with Crippen molar-refractivity contribution in [3.05, 3.63) is 89.5 Å². The fourth-order valence-electron chi connectivity index (χ4n) is 4.14. The van der Waals surface area contributed by atoms with Gasteiger partial charge in [-0.3, -0.25) is 9.10 Å². The Labute approximate surface area is 206 Å². The molecule has 184 valence electrons. The molecular formula is C27H30N2O5S. The van der Waals surface area contributed by atoms with Crippen molar-refractivity contribution in [1.82, 2.24) is 5.32 Å². The van der Waals surface area contributed by atoms with E-state index in [-0.39, 0.29) is 24.9 Å². The average molecular weight is 495 g/mol. The molecular weight excluding hydrogens is 464 g/mol. The van der Waals surface area contributed by atoms with Crippen molar-refractivity contribution in [3.63, 3.8) is 0 Å². The van der Waals surface area contributed by atoms with Gasteiger partial charge in [0.1, 0.15) is 13.2 Å². The van der Waals surface area contributed by atoms with E-state index in [4.69, 9.17) is 9.47 Å². The molecule has 0 aromatic heterocycles. The number of hydrogen-bond acceptors (Lipinski definition) is 5. The van der Waals surface area contributed by atoms with Crippen LogP contribution in [0, 0.1) is 6.92 Å². The van der Waals surface area contributed by atoms with E-state index in [1.165, 1.54) is 4.31 Å². The van der Waals surface area contributed by atoms with Gasteiger partial charge >= 0.3 is 0 Å². The number of ether oxygens (including phenoxy) is 2. The lowest BCUT2D eigenvalue weighted by molar-refractivity contribution is -0.121. The molecule has 0 fully saturated rings. The second-order valence-electron chi connectivity index (χ2n) is 8.59. The molecule has 1 aliphatic heterocycles. The summed E-state index contributed by atoms with van der Waals surface area (Å²) < 4.78 is 37.4. The summed E-state index contributed by atoms with van der Waals surface area (Å²) in [5, 5.41) is 3.13. The van der Waals surface area contributed by atoms with E-state index in [2.05, 4.69) is 11.4 Å². The third kappa shape index (κ3) is 6.33. The zero-order valence-electron chi connectivity index (χ0n) is 19.9. The van der Waals surface area contributed by atoms with Crippen LogP contribution in [0.25, 0.3) is 0 Å². The van der Waals surface area contributed by atoms with E-state index in [0.717, 1.165) is 22.9 Å². The third-order valence-corrected chi connectivity index (χ3v) is 6.99. The number of hydrogen-bond donors (Lipinski definition) is 1. The summed E-state index contributed by atoms with van der Waals surface area (Å²) in [5.41, 5.74) is 3.58. The van der Waals surface area contributed by atoms with Crippen LogP contribution in [0.1, 0.15) is 35.6 Å². The highest BCUT2D eigenvalue weighted by atomic mass is 32.2. The van der Waals surface area contributed by atoms with Crippen LogP contribution in [0.5, 0.6) is 11.5 Å². The molecule has 1 N–H and O–H groups in total. The van der Waals surface area contributed by atoms with Crippen LogP contribution in [0.4, 0.5) is 5.69 Å². The summed E-state index contributed by atoms with van der Waals surface area (Å²) in [7, 11) is -3.55. The molecule has 0 saturated heterocycles. The Morgan fingerprint density at radius 3 is 2.37 bits per heavy atom. The standard InChI is InChI=1S/C27H30N2O5S/c1-20-8-6-11-22(18-20)27(21-9-4-3-5-10-21)28-26(30)12-7-15-29(35(2,31)32)23-13-14-24-25(19-23)34-17-16-33-24/h3-6,8-11,13-14,18-19,27H,7,12,15-17H2,1-2H3,(H,28,30). The first-order chi connectivity index (χ1) is 16.8. The predicted molar refractivity (Wildman–Crippen MR) is 136 cm³/mol. The number of sulfonamides is 1. The van der Waals surface area contributed by atoms with Crippen molar-refractivity contribution in [2.24, 2.45) is 0 Å². The third-order valence-electron chi connectivity index (χ3n) is 5.79. The van der Waals surface area contributed by atoms with Crippen LogP contribution in [-0.2, 0) is 14.8 Å². The van der Waals surface area contributed by atoms with E-state index in [9.17, 15) is 13.2 Å². The van der Waals surface area contributed by atoms with Crippen molar-refractivity contribution in [2.45, 2.75) is 25.8 Å². The molecule has 0 radical (unpaired) electrons. The Bertz CT molecular complexity index is 1280. The van der Waals surface area contributed by atoms with Gasteiger partial charge in [-0.25, -0.2) is 8.42 Å². The molecule has 7 nitrogen and oxygen atoms in total. The number of rotatable bonds is 9. The normalized spacial score (nSPS) is 13.7. The smallest absolute Gasteiger partial charge is 0.232 e. The molecule has 35 heavy (non-hydrogen) atoms. The van der Waals surface area contributed by atoms with Gasteiger partial charge in [-0.15, -0.1) is 0 Å². The van der Waals surface area contributed by atoms with Gasteiger partial charge in [0.2, 0.25) is 15.9 Å². The van der Waals surface area contributed by atoms with Gasteiger partial charge in [0.05, 0.1) is 18.0 Å². The van der Waals surface area contributed by atoms with Gasteiger partial charge in [0.25, 0.3) is 0 Å². The molecule has 1 heterocycles. The van der Waals surface area contributed by atoms with Gasteiger partial charge in [-0.05, 0) is 36.6 Å². The van der Waals surface area contributed by atoms with Crippen molar-refractivity contribution < 1.29 is 22.7 Å². The van der Waals surface area contributed by atoms with Crippen LogP contribution < -0.4 is 19.1 Å². The molecule has 0 aliphatic carbocycles. The Morgan fingerprint density at radius 1 is 0.943 bits per heavy atom. The SMILES string of the molecule is Cc1cccc(C(NC(=O)CCCN(c2ccc3c(c2)OCCO3)S(C)(=O)=O)c2ccccc2)c1. The summed E-state index contributed by atoms with van der Waals surface area (Å²) in [4.78, 5) is 12.9. The molecule has 3 aromatic rings. The number of fused-ring (bicyclic) bond motifs is 1. The molecule has 4 rings (SSSR count). The summed E-state index contributed by atoms with van der Waals surface area (Å²) in [6, 6.07) is 22.6. The highest BCUT2D eigenvalue weighted by molar-refractivity contribution is 7.92. The summed E-state index contributed by atoms with van der Waals surface area (Å²) in [6.07, 6.45) is 1.71. The molecule has 0 saturated carbocycles. The number of aryl methyl sites for hydroxylation is 1. The summed E-state index contributed by atoms with van der Waals surface area (Å²) in [6.45, 7) is 3.07. The van der Waals surface area contributed by atoms with Crippen LogP contribution in [0.3, 0.4) is 0 Å². The van der Waals surface area contributed by atoms with E-state index >= 15 is 0 Å². The molecule has 0 bridgehead atoms. The second-order valence-corrected chi connectivity index (χ2v) is 10.5. The number of carbonyl (C=O) groups excluding carboxylic acids is 1. The van der Waals surface area contributed by atoms with Gasteiger partial charge in [0, 0.05) is 19.0 Å². The number of nitrogens with one attached hydrogen (secondary N) is 1. The van der Waals surface area contributed by atoms with Crippen LogP contribution in [0.2, 0.25) is 0 Å². The van der Waals surface area contributed by atoms with Gasteiger partial charge in [-0.2, -0.15) is 0 Å². The molecule has 1 aliphatic rings. The summed E-state index contributed by atoms with van der Waals surface area (Å²) in [5.74, 6) is 0.968. The number of amides is 1. The first-order valence-corrected chi connectivity index (χ1v) is 13.4. The zero-order chi connectivity index (χ0) is 24.8. The maximum atomic E-state index is 12.9. The van der Waals surface area contributed by atoms with Crippen molar-refractivity contribution in [2.75, 3.05) is 30.3 Å². The Hall–Kier alpha value is -3.52.